The zero-order valence-corrected chi connectivity index (χ0v) is 29.7. The average molecular weight is 718 g/mol. The highest BCUT2D eigenvalue weighted by Crippen LogP contribution is 2.18. The highest BCUT2D eigenvalue weighted by Gasteiger charge is 2.26. The fraction of sp³-hybridized carbons (Fsp3) is 0.324. The van der Waals surface area contributed by atoms with Crippen LogP contribution in [-0.2, 0) is 29.0 Å². The van der Waals surface area contributed by atoms with E-state index in [0.717, 1.165) is 23.9 Å². The Morgan fingerprint density at radius 2 is 1.57 bits per heavy atom. The summed E-state index contributed by atoms with van der Waals surface area (Å²) in [5, 5.41) is 32.1. The highest BCUT2D eigenvalue weighted by molar-refractivity contribution is 7.09. The summed E-state index contributed by atoms with van der Waals surface area (Å²) in [7, 11) is 4.28. The zero-order valence-electron chi connectivity index (χ0n) is 28.9. The molecule has 0 aliphatic rings. The van der Waals surface area contributed by atoms with E-state index in [4.69, 9.17) is 4.74 Å². The summed E-state index contributed by atoms with van der Waals surface area (Å²) in [5.74, 6) is -2.10. The number of esters is 1. The normalized spacial score (nSPS) is 12.7. The maximum absolute atomic E-state index is 13.9. The summed E-state index contributed by atoms with van der Waals surface area (Å²) in [6.45, 7) is 1.89. The number of aliphatic hydroxyl groups excluding tert-OH is 2. The molecule has 3 amide bonds. The molecule has 0 saturated carbocycles. The van der Waals surface area contributed by atoms with Gasteiger partial charge < -0.3 is 40.5 Å². The van der Waals surface area contributed by atoms with Crippen molar-refractivity contribution in [2.45, 2.75) is 44.6 Å². The number of aromatic nitrogens is 1. The number of carbonyl (C=O) groups excluding carboxylic acids is 4. The molecular weight excluding hydrogens is 675 g/mol. The first-order valence-corrected chi connectivity index (χ1v) is 17.1. The van der Waals surface area contributed by atoms with Gasteiger partial charge in [-0.3, -0.25) is 14.4 Å². The number of carbonyl (C=O) groups is 4. The van der Waals surface area contributed by atoms with E-state index in [0.29, 0.717) is 17.3 Å². The van der Waals surface area contributed by atoms with Gasteiger partial charge in [0.25, 0.3) is 17.7 Å². The van der Waals surface area contributed by atoms with Gasteiger partial charge in [0.15, 0.2) is 6.04 Å². The van der Waals surface area contributed by atoms with Crippen LogP contribution in [0.1, 0.15) is 52.9 Å². The molecule has 14 heteroatoms. The quantitative estimate of drug-likeness (QED) is 0.102. The van der Waals surface area contributed by atoms with E-state index in [1.165, 1.54) is 34.4 Å². The van der Waals surface area contributed by atoms with Gasteiger partial charge >= 0.3 is 5.97 Å². The Bertz CT molecular complexity index is 1800. The summed E-state index contributed by atoms with van der Waals surface area (Å²) >= 11 is 1.40. The van der Waals surface area contributed by atoms with Gasteiger partial charge in [-0.25, -0.2) is 9.78 Å². The van der Waals surface area contributed by atoms with Crippen molar-refractivity contribution in [1.82, 2.24) is 25.8 Å². The molecule has 3 aromatic carbocycles. The van der Waals surface area contributed by atoms with Crippen molar-refractivity contribution in [3.8, 4) is 5.75 Å². The van der Waals surface area contributed by atoms with Crippen LogP contribution in [0.2, 0.25) is 0 Å². The summed E-state index contributed by atoms with van der Waals surface area (Å²) in [4.78, 5) is 58.8. The zero-order chi connectivity index (χ0) is 36.9. The molecule has 0 aliphatic carbocycles. The predicted octanol–water partition coefficient (Wildman–Crippen LogP) is 2.49. The van der Waals surface area contributed by atoms with Crippen LogP contribution in [0.3, 0.4) is 0 Å². The van der Waals surface area contributed by atoms with Gasteiger partial charge in [0.2, 0.25) is 0 Å². The Morgan fingerprint density at radius 1 is 0.902 bits per heavy atom. The molecule has 0 radical (unpaired) electrons. The number of thiazole rings is 1. The molecule has 270 valence electrons. The molecule has 13 nitrogen and oxygen atoms in total. The largest absolute Gasteiger partial charge is 0.497 e. The summed E-state index contributed by atoms with van der Waals surface area (Å²) in [6.07, 6.45) is -0.751. The van der Waals surface area contributed by atoms with Gasteiger partial charge in [-0.05, 0) is 54.8 Å². The molecule has 51 heavy (non-hydrogen) atoms. The van der Waals surface area contributed by atoms with Crippen molar-refractivity contribution >= 4 is 35.0 Å². The van der Waals surface area contributed by atoms with Gasteiger partial charge in [-0.15, -0.1) is 11.3 Å². The van der Waals surface area contributed by atoms with E-state index in [1.54, 1.807) is 14.2 Å². The van der Waals surface area contributed by atoms with E-state index in [-0.39, 0.29) is 36.2 Å². The maximum atomic E-state index is 13.9. The van der Waals surface area contributed by atoms with E-state index in [2.05, 4.69) is 25.7 Å². The van der Waals surface area contributed by atoms with E-state index in [1.807, 2.05) is 66.9 Å². The van der Waals surface area contributed by atoms with Crippen LogP contribution in [-0.4, -0.2) is 96.4 Å². The SMILES string of the molecule is COC(=O)C(CO)NC(=O)c1cc(C(=O)N[C@@H](Cc2ccccc2)[C@@H](O)CNCc2cccc(OC)c2)cc(C(=O)N(C)Cc2nc(C)cs2)c1. The summed E-state index contributed by atoms with van der Waals surface area (Å²) in [6, 6.07) is 18.7. The lowest BCUT2D eigenvalue weighted by Crippen LogP contribution is -2.48. The first-order valence-electron chi connectivity index (χ1n) is 16.2. The number of benzene rings is 3. The Labute approximate surface area is 300 Å². The van der Waals surface area contributed by atoms with Gasteiger partial charge in [-0.1, -0.05) is 42.5 Å². The van der Waals surface area contributed by atoms with Crippen molar-refractivity contribution < 1.29 is 38.9 Å². The molecule has 4 aromatic rings. The lowest BCUT2D eigenvalue weighted by molar-refractivity contribution is -0.143. The number of methoxy groups -OCH3 is 2. The number of rotatable bonds is 17. The average Bonchev–Trinajstić information content (AvgIpc) is 3.56. The van der Waals surface area contributed by atoms with Crippen LogP contribution in [0.5, 0.6) is 5.75 Å². The first kappa shape index (κ1) is 38.6. The highest BCUT2D eigenvalue weighted by atomic mass is 32.1. The lowest BCUT2D eigenvalue weighted by Gasteiger charge is -2.25. The van der Waals surface area contributed by atoms with Crippen molar-refractivity contribution in [1.29, 1.82) is 0 Å². The van der Waals surface area contributed by atoms with E-state index in [9.17, 15) is 29.4 Å². The Balaban J connectivity index is 1.60. The monoisotopic (exact) mass is 717 g/mol. The minimum atomic E-state index is -1.37. The third-order valence-electron chi connectivity index (χ3n) is 7.96. The smallest absolute Gasteiger partial charge is 0.330 e. The number of ether oxygens (including phenoxy) is 2. The fourth-order valence-electron chi connectivity index (χ4n) is 5.24. The van der Waals surface area contributed by atoms with Crippen LogP contribution in [0.15, 0.2) is 78.2 Å². The molecule has 1 unspecified atom stereocenters. The van der Waals surface area contributed by atoms with Gasteiger partial charge in [0, 0.05) is 47.9 Å². The molecule has 1 aromatic heterocycles. The van der Waals surface area contributed by atoms with Gasteiger partial charge in [0.05, 0.1) is 39.5 Å². The molecular formula is C37H43N5O8S. The second-order valence-electron chi connectivity index (χ2n) is 11.9. The summed E-state index contributed by atoms with van der Waals surface area (Å²) < 4.78 is 9.95. The summed E-state index contributed by atoms with van der Waals surface area (Å²) in [5.41, 5.74) is 2.53. The molecule has 0 aliphatic heterocycles. The molecule has 1 heterocycles. The predicted molar refractivity (Wildman–Crippen MR) is 192 cm³/mol. The van der Waals surface area contributed by atoms with Crippen molar-refractivity contribution in [2.75, 3.05) is 34.4 Å². The molecule has 4 rings (SSSR count). The molecule has 0 fully saturated rings. The number of nitrogens with one attached hydrogen (secondary N) is 3. The lowest BCUT2D eigenvalue weighted by atomic mass is 9.99. The number of nitrogens with zero attached hydrogens (tertiary/aromatic N) is 2. The standard InChI is InChI=1S/C37H43N5O8S/c1-23-22-51-33(39-23)20-42(2)36(47)28-16-26(15-27(17-28)35(46)41-31(21-43)37(48)50-4)34(45)40-30(14-24-9-6-5-7-10-24)32(44)19-38-18-25-11-8-12-29(13-25)49-3/h5-13,15-17,22,30-32,38,43-44H,14,18-21H2,1-4H3,(H,40,45)(H,41,46)/t30-,31?,32-/m0/s1. The van der Waals surface area contributed by atoms with Crippen LogP contribution in [0.25, 0.3) is 0 Å². The Hall–Kier alpha value is -5.15. The minimum absolute atomic E-state index is 0.0299. The fourth-order valence-corrected chi connectivity index (χ4v) is 6.06. The molecule has 0 saturated heterocycles. The van der Waals surface area contributed by atoms with Crippen LogP contribution < -0.4 is 20.7 Å². The third kappa shape index (κ3) is 11.2. The van der Waals surface area contributed by atoms with Crippen LogP contribution in [0.4, 0.5) is 0 Å². The Morgan fingerprint density at radius 3 is 2.20 bits per heavy atom. The number of hydrogen-bond acceptors (Lipinski definition) is 11. The first-order chi connectivity index (χ1) is 24.5. The van der Waals surface area contributed by atoms with Crippen molar-refractivity contribution in [3.63, 3.8) is 0 Å². The molecule has 5 N–H and O–H groups in total. The van der Waals surface area contributed by atoms with E-state index >= 15 is 0 Å². The topological polar surface area (TPSA) is 179 Å². The second-order valence-corrected chi connectivity index (χ2v) is 12.8. The van der Waals surface area contributed by atoms with Crippen molar-refractivity contribution in [3.05, 3.63) is 117 Å². The van der Waals surface area contributed by atoms with E-state index < -0.39 is 48.5 Å². The number of aliphatic hydroxyl groups is 2. The third-order valence-corrected chi connectivity index (χ3v) is 8.91. The molecule has 0 bridgehead atoms. The van der Waals surface area contributed by atoms with Gasteiger partial charge in [-0.2, -0.15) is 0 Å². The van der Waals surface area contributed by atoms with Crippen molar-refractivity contribution in [2.24, 2.45) is 0 Å². The van der Waals surface area contributed by atoms with Crippen LogP contribution >= 0.6 is 11.3 Å². The Kier molecular flexibility index (Phi) is 14.2. The van der Waals surface area contributed by atoms with Gasteiger partial charge in [0.1, 0.15) is 10.8 Å². The maximum Gasteiger partial charge on any atom is 0.330 e. The number of aryl methyl sites for hydroxylation is 1. The number of amides is 3. The molecule has 0 spiro atoms. The number of hydrogen-bond donors (Lipinski definition) is 5. The minimum Gasteiger partial charge on any atom is -0.497 e. The second kappa shape index (κ2) is 18.7. The van der Waals surface area contributed by atoms with Crippen LogP contribution in [0, 0.1) is 6.92 Å². The molecule has 3 atom stereocenters.